The summed E-state index contributed by atoms with van der Waals surface area (Å²) in [6.07, 6.45) is 4.48. The van der Waals surface area contributed by atoms with E-state index >= 15 is 0 Å². The first-order valence-electron chi connectivity index (χ1n) is 7.16. The van der Waals surface area contributed by atoms with Crippen LogP contribution in [0.2, 0.25) is 0 Å². The van der Waals surface area contributed by atoms with Gasteiger partial charge < -0.3 is 4.74 Å². The second-order valence-corrected chi connectivity index (χ2v) is 4.64. The molecule has 1 aliphatic carbocycles. The number of halogens is 1. The molecule has 1 unspecified atom stereocenters. The number of benzene rings is 1. The molecule has 18 heavy (non-hydrogen) atoms. The van der Waals surface area contributed by atoms with Gasteiger partial charge in [-0.3, -0.25) is 0 Å². The molecule has 0 N–H and O–H groups in total. The first-order valence-corrected chi connectivity index (χ1v) is 7.16. The van der Waals surface area contributed by atoms with E-state index in [0.717, 1.165) is 18.4 Å². The summed E-state index contributed by atoms with van der Waals surface area (Å²) in [6, 6.07) is 5.20. The van der Waals surface area contributed by atoms with Crippen molar-refractivity contribution < 1.29 is 9.13 Å². The fourth-order valence-corrected chi connectivity index (χ4v) is 2.00. The molecular weight excluding hydrogens is 227 g/mol. The van der Waals surface area contributed by atoms with Crippen molar-refractivity contribution in [3.8, 4) is 5.75 Å². The number of aryl methyl sites for hydroxylation is 1. The Balaban J connectivity index is 0.000000771. The Morgan fingerprint density at radius 2 is 2.00 bits per heavy atom. The second kappa shape index (κ2) is 7.40. The molecule has 0 spiro atoms. The molecule has 2 heteroatoms. The zero-order chi connectivity index (χ0) is 13.5. The third kappa shape index (κ3) is 4.01. The van der Waals surface area contributed by atoms with Gasteiger partial charge in [-0.2, -0.15) is 0 Å². The van der Waals surface area contributed by atoms with E-state index in [1.54, 1.807) is 6.07 Å². The second-order valence-electron chi connectivity index (χ2n) is 4.64. The highest BCUT2D eigenvalue weighted by atomic mass is 19.1. The van der Waals surface area contributed by atoms with Crippen LogP contribution < -0.4 is 4.74 Å². The number of hydrogen-bond donors (Lipinski definition) is 0. The minimum Gasteiger partial charge on any atom is -0.487 e. The van der Waals surface area contributed by atoms with E-state index in [4.69, 9.17) is 4.74 Å². The molecule has 2 rings (SSSR count). The maximum absolute atomic E-state index is 13.7. The number of hydrogen-bond acceptors (Lipinski definition) is 1. The van der Waals surface area contributed by atoms with Gasteiger partial charge in [0.15, 0.2) is 11.6 Å². The maximum atomic E-state index is 13.7. The minimum atomic E-state index is -0.224. The Morgan fingerprint density at radius 1 is 1.33 bits per heavy atom. The standard InChI is InChI=1S/C14H19FO.C2H6/c1-3-5-12-6-4-7-13(15)14(12)16-10(2)11-8-9-11;1-2/h4,6-7,10-11H,3,5,8-9H2,1-2H3;1-2H3. The van der Waals surface area contributed by atoms with Crippen molar-refractivity contribution in [2.75, 3.05) is 0 Å². The summed E-state index contributed by atoms with van der Waals surface area (Å²) in [5.74, 6) is 0.885. The van der Waals surface area contributed by atoms with E-state index in [9.17, 15) is 4.39 Å². The van der Waals surface area contributed by atoms with Gasteiger partial charge in [0.05, 0.1) is 6.10 Å². The zero-order valence-corrected chi connectivity index (χ0v) is 12.0. The lowest BCUT2D eigenvalue weighted by Gasteiger charge is -2.17. The topological polar surface area (TPSA) is 9.23 Å². The minimum absolute atomic E-state index is 0.146. The highest BCUT2D eigenvalue weighted by Gasteiger charge is 2.30. The number of para-hydroxylation sites is 1. The van der Waals surface area contributed by atoms with Crippen LogP contribution in [0.1, 0.15) is 52.5 Å². The van der Waals surface area contributed by atoms with Gasteiger partial charge in [0.25, 0.3) is 0 Å². The first kappa shape index (κ1) is 15.0. The fourth-order valence-electron chi connectivity index (χ4n) is 2.00. The quantitative estimate of drug-likeness (QED) is 0.718. The lowest BCUT2D eigenvalue weighted by Crippen LogP contribution is -2.16. The maximum Gasteiger partial charge on any atom is 0.165 e. The fraction of sp³-hybridized carbons (Fsp3) is 0.625. The molecule has 0 heterocycles. The third-order valence-corrected chi connectivity index (χ3v) is 3.16. The molecule has 0 amide bonds. The van der Waals surface area contributed by atoms with Crippen molar-refractivity contribution in [1.29, 1.82) is 0 Å². The summed E-state index contributed by atoms with van der Waals surface area (Å²) in [5.41, 5.74) is 0.995. The molecule has 1 aliphatic rings. The Bertz CT molecular complexity index is 358. The summed E-state index contributed by atoms with van der Waals surface area (Å²) in [7, 11) is 0. The average Bonchev–Trinajstić information content (AvgIpc) is 3.20. The summed E-state index contributed by atoms with van der Waals surface area (Å²) in [5, 5.41) is 0. The summed E-state index contributed by atoms with van der Waals surface area (Å²) in [6.45, 7) is 8.14. The SMILES string of the molecule is CC.CCCc1cccc(F)c1OC(C)C1CC1. The van der Waals surface area contributed by atoms with E-state index in [1.807, 2.05) is 26.8 Å². The van der Waals surface area contributed by atoms with Crippen LogP contribution in [-0.2, 0) is 6.42 Å². The number of ether oxygens (including phenoxy) is 1. The van der Waals surface area contributed by atoms with Crippen molar-refractivity contribution in [1.82, 2.24) is 0 Å². The van der Waals surface area contributed by atoms with Crippen LogP contribution in [-0.4, -0.2) is 6.10 Å². The molecule has 1 aromatic carbocycles. The summed E-state index contributed by atoms with van der Waals surface area (Å²) in [4.78, 5) is 0. The van der Waals surface area contributed by atoms with Crippen molar-refractivity contribution in [2.24, 2.45) is 5.92 Å². The van der Waals surface area contributed by atoms with Crippen LogP contribution in [0.15, 0.2) is 18.2 Å². The van der Waals surface area contributed by atoms with Gasteiger partial charge in [-0.1, -0.05) is 39.3 Å². The lowest BCUT2D eigenvalue weighted by molar-refractivity contribution is 0.187. The normalized spacial score (nSPS) is 15.6. The van der Waals surface area contributed by atoms with Crippen LogP contribution >= 0.6 is 0 Å². The summed E-state index contributed by atoms with van der Waals surface area (Å²) < 4.78 is 19.5. The van der Waals surface area contributed by atoms with Crippen LogP contribution in [0.4, 0.5) is 4.39 Å². The predicted octanol–water partition coefficient (Wildman–Crippen LogP) is 4.98. The lowest BCUT2D eigenvalue weighted by atomic mass is 10.1. The molecular formula is C16H25FO. The van der Waals surface area contributed by atoms with Gasteiger partial charge in [0, 0.05) is 0 Å². The molecule has 0 saturated heterocycles. The van der Waals surface area contributed by atoms with Gasteiger partial charge in [0.2, 0.25) is 0 Å². The van der Waals surface area contributed by atoms with E-state index in [0.29, 0.717) is 11.7 Å². The Morgan fingerprint density at radius 3 is 2.56 bits per heavy atom. The van der Waals surface area contributed by atoms with E-state index in [1.165, 1.54) is 18.9 Å². The van der Waals surface area contributed by atoms with Crippen molar-refractivity contribution in [3.05, 3.63) is 29.6 Å². The third-order valence-electron chi connectivity index (χ3n) is 3.16. The molecule has 102 valence electrons. The van der Waals surface area contributed by atoms with Crippen molar-refractivity contribution in [3.63, 3.8) is 0 Å². The monoisotopic (exact) mass is 252 g/mol. The summed E-state index contributed by atoms with van der Waals surface area (Å²) >= 11 is 0. The van der Waals surface area contributed by atoms with Crippen LogP contribution in [0, 0.1) is 11.7 Å². The van der Waals surface area contributed by atoms with Crippen LogP contribution in [0.25, 0.3) is 0 Å². The largest absolute Gasteiger partial charge is 0.487 e. The van der Waals surface area contributed by atoms with Gasteiger partial charge >= 0.3 is 0 Å². The molecule has 1 aromatic rings. The molecule has 0 bridgehead atoms. The Labute approximate surface area is 110 Å². The Hall–Kier alpha value is -1.05. The van der Waals surface area contributed by atoms with Gasteiger partial charge in [-0.05, 0) is 43.7 Å². The van der Waals surface area contributed by atoms with Gasteiger partial charge in [-0.15, -0.1) is 0 Å². The predicted molar refractivity (Wildman–Crippen MR) is 74.6 cm³/mol. The van der Waals surface area contributed by atoms with E-state index in [-0.39, 0.29) is 11.9 Å². The molecule has 1 atom stereocenters. The molecule has 0 radical (unpaired) electrons. The molecule has 1 fully saturated rings. The highest BCUT2D eigenvalue weighted by Crippen LogP contribution is 2.36. The number of rotatable bonds is 5. The van der Waals surface area contributed by atoms with E-state index < -0.39 is 0 Å². The van der Waals surface area contributed by atoms with Crippen LogP contribution in [0.3, 0.4) is 0 Å². The molecule has 0 aromatic heterocycles. The van der Waals surface area contributed by atoms with Crippen molar-refractivity contribution in [2.45, 2.75) is 59.5 Å². The molecule has 1 saturated carbocycles. The average molecular weight is 252 g/mol. The molecule has 1 nitrogen and oxygen atoms in total. The van der Waals surface area contributed by atoms with Gasteiger partial charge in [0.1, 0.15) is 0 Å². The zero-order valence-electron chi connectivity index (χ0n) is 12.0. The van der Waals surface area contributed by atoms with E-state index in [2.05, 4.69) is 6.92 Å². The smallest absolute Gasteiger partial charge is 0.165 e. The van der Waals surface area contributed by atoms with Crippen LogP contribution in [0.5, 0.6) is 5.75 Å². The highest BCUT2D eigenvalue weighted by molar-refractivity contribution is 5.35. The van der Waals surface area contributed by atoms with Crippen molar-refractivity contribution >= 4 is 0 Å². The first-order chi connectivity index (χ1) is 8.72. The molecule has 0 aliphatic heterocycles. The Kier molecular flexibility index (Phi) is 6.17. The van der Waals surface area contributed by atoms with Gasteiger partial charge in [-0.25, -0.2) is 4.39 Å².